The number of benzene rings is 2. The van der Waals surface area contributed by atoms with Crippen LogP contribution in [0.3, 0.4) is 0 Å². The predicted octanol–water partition coefficient (Wildman–Crippen LogP) is 4.87. The highest BCUT2D eigenvalue weighted by Gasteiger charge is 2.12. The van der Waals surface area contributed by atoms with E-state index < -0.39 is 5.91 Å². The molecule has 0 fully saturated rings. The normalized spacial score (nSPS) is 11.3. The molecule has 34 heavy (non-hydrogen) atoms. The Morgan fingerprint density at radius 1 is 0.941 bits per heavy atom. The van der Waals surface area contributed by atoms with Crippen molar-refractivity contribution in [2.45, 2.75) is 58.8 Å². The van der Waals surface area contributed by atoms with Crippen molar-refractivity contribution in [1.82, 2.24) is 16.2 Å². The quantitative estimate of drug-likeness (QED) is 0.226. The minimum absolute atomic E-state index is 0.0189. The monoisotopic (exact) mass is 485 g/mol. The van der Waals surface area contributed by atoms with Gasteiger partial charge in [-0.25, -0.2) is 0 Å². The van der Waals surface area contributed by atoms with Gasteiger partial charge in [0.05, 0.1) is 6.61 Å². The Morgan fingerprint density at radius 2 is 1.68 bits per heavy atom. The van der Waals surface area contributed by atoms with Crippen LogP contribution in [0.25, 0.3) is 0 Å². The summed E-state index contributed by atoms with van der Waals surface area (Å²) in [6.45, 7) is 6.86. The second-order valence-corrected chi connectivity index (χ2v) is 8.43. The summed E-state index contributed by atoms with van der Waals surface area (Å²) in [7, 11) is 0. The summed E-state index contributed by atoms with van der Waals surface area (Å²) in [6.07, 6.45) is 5.52. The lowest BCUT2D eigenvalue weighted by atomic mass is 9.98. The van der Waals surface area contributed by atoms with Gasteiger partial charge < -0.3 is 9.47 Å². The van der Waals surface area contributed by atoms with E-state index in [1.165, 1.54) is 12.8 Å². The first-order valence-corrected chi connectivity index (χ1v) is 12.2. The molecule has 0 radical (unpaired) electrons. The lowest BCUT2D eigenvalue weighted by Gasteiger charge is -2.16. The van der Waals surface area contributed by atoms with Crippen molar-refractivity contribution >= 4 is 29.1 Å². The Hall–Kier alpha value is -3.13. The van der Waals surface area contributed by atoms with Crippen LogP contribution in [0.15, 0.2) is 48.5 Å². The molecule has 3 N–H and O–H groups in total. The number of hydrogen-bond donors (Lipinski definition) is 3. The van der Waals surface area contributed by atoms with Crippen LogP contribution >= 0.6 is 12.2 Å². The van der Waals surface area contributed by atoms with Crippen molar-refractivity contribution in [3.63, 3.8) is 0 Å². The SMILES string of the molecule is CCCCCCOc1ccc(C(=O)NC(=S)NNC(=O)COc2ccccc2C(C)CC)cc1. The predicted molar refractivity (Wildman–Crippen MR) is 138 cm³/mol. The number of hydrazine groups is 1. The van der Waals surface area contributed by atoms with Crippen LogP contribution in [-0.4, -0.2) is 30.1 Å². The minimum Gasteiger partial charge on any atom is -0.494 e. The van der Waals surface area contributed by atoms with Crippen molar-refractivity contribution < 1.29 is 19.1 Å². The highest BCUT2D eigenvalue weighted by Crippen LogP contribution is 2.28. The van der Waals surface area contributed by atoms with E-state index in [1.807, 2.05) is 24.3 Å². The topological polar surface area (TPSA) is 88.7 Å². The zero-order chi connectivity index (χ0) is 24.8. The van der Waals surface area contributed by atoms with Crippen LogP contribution in [0.4, 0.5) is 0 Å². The molecular formula is C26H35N3O4S. The van der Waals surface area contributed by atoms with Crippen LogP contribution in [0, 0.1) is 0 Å². The molecule has 0 aliphatic rings. The summed E-state index contributed by atoms with van der Waals surface area (Å²) in [5, 5.41) is 2.51. The van der Waals surface area contributed by atoms with Gasteiger partial charge in [-0.2, -0.15) is 0 Å². The average Bonchev–Trinajstić information content (AvgIpc) is 2.86. The lowest BCUT2D eigenvalue weighted by Crippen LogP contribution is -2.49. The number of carbonyl (C=O) groups excluding carboxylic acids is 2. The molecule has 184 valence electrons. The Kier molecular flexibility index (Phi) is 11.9. The van der Waals surface area contributed by atoms with Gasteiger partial charge in [-0.3, -0.25) is 25.8 Å². The van der Waals surface area contributed by atoms with Crippen molar-refractivity contribution in [1.29, 1.82) is 0 Å². The summed E-state index contributed by atoms with van der Waals surface area (Å²) in [6, 6.07) is 14.5. The van der Waals surface area contributed by atoms with E-state index in [0.29, 0.717) is 23.8 Å². The number of unbranched alkanes of at least 4 members (excludes halogenated alkanes) is 3. The number of thiocarbonyl (C=S) groups is 1. The molecule has 2 aromatic carbocycles. The van der Waals surface area contributed by atoms with Gasteiger partial charge in [0.25, 0.3) is 11.8 Å². The number of ether oxygens (including phenoxy) is 2. The fourth-order valence-electron chi connectivity index (χ4n) is 3.17. The van der Waals surface area contributed by atoms with Crippen LogP contribution < -0.4 is 25.6 Å². The lowest BCUT2D eigenvalue weighted by molar-refractivity contribution is -0.123. The Balaban J connectivity index is 1.72. The van der Waals surface area contributed by atoms with Gasteiger partial charge in [0.2, 0.25) is 0 Å². The standard InChI is InChI=1S/C26H35N3O4S/c1-4-6-7-10-17-32-21-15-13-20(14-16-21)25(31)27-26(34)29-28-24(30)18-33-23-12-9-8-11-22(23)19(3)5-2/h8-9,11-16,19H,4-7,10,17-18H2,1-3H3,(H,28,30)(H2,27,29,31,34). The summed E-state index contributed by atoms with van der Waals surface area (Å²) >= 11 is 5.09. The van der Waals surface area contributed by atoms with E-state index in [-0.39, 0.29) is 17.6 Å². The highest BCUT2D eigenvalue weighted by molar-refractivity contribution is 7.80. The smallest absolute Gasteiger partial charge is 0.276 e. The molecule has 2 aromatic rings. The van der Waals surface area contributed by atoms with Crippen molar-refractivity contribution in [3.8, 4) is 11.5 Å². The molecule has 0 saturated carbocycles. The van der Waals surface area contributed by atoms with Gasteiger partial charge in [-0.1, -0.05) is 58.2 Å². The fourth-order valence-corrected chi connectivity index (χ4v) is 3.32. The van der Waals surface area contributed by atoms with E-state index in [1.54, 1.807) is 24.3 Å². The first-order chi connectivity index (χ1) is 16.4. The Morgan fingerprint density at radius 3 is 2.38 bits per heavy atom. The molecule has 2 amide bonds. The third-order valence-electron chi connectivity index (χ3n) is 5.35. The highest BCUT2D eigenvalue weighted by atomic mass is 32.1. The number of nitrogens with one attached hydrogen (secondary N) is 3. The number of carbonyl (C=O) groups is 2. The molecule has 0 heterocycles. The van der Waals surface area contributed by atoms with Crippen molar-refractivity contribution in [3.05, 3.63) is 59.7 Å². The zero-order valence-electron chi connectivity index (χ0n) is 20.2. The fraction of sp³-hybridized carbons (Fsp3) is 0.423. The summed E-state index contributed by atoms with van der Waals surface area (Å²) in [5.74, 6) is 0.912. The maximum absolute atomic E-state index is 12.4. The van der Waals surface area contributed by atoms with E-state index in [2.05, 4.69) is 36.9 Å². The number of rotatable bonds is 12. The van der Waals surface area contributed by atoms with Crippen LogP contribution in [0.2, 0.25) is 0 Å². The van der Waals surface area contributed by atoms with E-state index >= 15 is 0 Å². The molecule has 0 aliphatic carbocycles. The second-order valence-electron chi connectivity index (χ2n) is 8.03. The van der Waals surface area contributed by atoms with E-state index in [4.69, 9.17) is 21.7 Å². The van der Waals surface area contributed by atoms with Gasteiger partial charge in [0, 0.05) is 5.56 Å². The van der Waals surface area contributed by atoms with E-state index in [0.717, 1.165) is 30.6 Å². The minimum atomic E-state index is -0.420. The molecule has 0 spiro atoms. The molecular weight excluding hydrogens is 450 g/mol. The Bertz CT molecular complexity index is 934. The molecule has 2 rings (SSSR count). The molecule has 8 heteroatoms. The Labute approximate surface area is 207 Å². The van der Waals surface area contributed by atoms with Crippen molar-refractivity contribution in [2.75, 3.05) is 13.2 Å². The van der Waals surface area contributed by atoms with Gasteiger partial charge in [-0.05, 0) is 66.9 Å². The third-order valence-corrected chi connectivity index (χ3v) is 5.55. The summed E-state index contributed by atoms with van der Waals surface area (Å²) in [5.41, 5.74) is 6.43. The molecule has 7 nitrogen and oxygen atoms in total. The second kappa shape index (κ2) is 14.9. The number of amides is 2. The van der Waals surface area contributed by atoms with Crippen molar-refractivity contribution in [2.24, 2.45) is 0 Å². The third kappa shape index (κ3) is 9.39. The molecule has 0 aliphatic heterocycles. The van der Waals surface area contributed by atoms with Gasteiger partial charge in [-0.15, -0.1) is 0 Å². The average molecular weight is 486 g/mol. The molecule has 1 atom stereocenters. The maximum atomic E-state index is 12.4. The molecule has 0 aromatic heterocycles. The van der Waals surface area contributed by atoms with E-state index in [9.17, 15) is 9.59 Å². The molecule has 1 unspecified atom stereocenters. The largest absolute Gasteiger partial charge is 0.494 e. The van der Waals surface area contributed by atoms with Gasteiger partial charge >= 0.3 is 0 Å². The summed E-state index contributed by atoms with van der Waals surface area (Å²) < 4.78 is 11.4. The van der Waals surface area contributed by atoms with Crippen LogP contribution in [-0.2, 0) is 4.79 Å². The number of hydrogen-bond acceptors (Lipinski definition) is 5. The maximum Gasteiger partial charge on any atom is 0.276 e. The first kappa shape index (κ1) is 27.1. The molecule has 0 saturated heterocycles. The zero-order valence-corrected chi connectivity index (χ0v) is 21.0. The first-order valence-electron chi connectivity index (χ1n) is 11.8. The number of para-hydroxylation sites is 1. The molecule has 0 bridgehead atoms. The van der Waals surface area contributed by atoms with Gasteiger partial charge in [0.1, 0.15) is 11.5 Å². The van der Waals surface area contributed by atoms with Gasteiger partial charge in [0.15, 0.2) is 11.7 Å². The van der Waals surface area contributed by atoms with Crippen LogP contribution in [0.5, 0.6) is 11.5 Å². The van der Waals surface area contributed by atoms with Crippen LogP contribution in [0.1, 0.15) is 74.7 Å². The summed E-state index contributed by atoms with van der Waals surface area (Å²) in [4.78, 5) is 24.5.